The van der Waals surface area contributed by atoms with Gasteiger partial charge in [0.1, 0.15) is 0 Å². The average Bonchev–Trinajstić information content (AvgIpc) is 2.46. The van der Waals surface area contributed by atoms with Gasteiger partial charge in [-0.05, 0) is 65.5 Å². The van der Waals surface area contributed by atoms with Crippen molar-refractivity contribution in [2.24, 2.45) is 11.8 Å². The van der Waals surface area contributed by atoms with Crippen LogP contribution in [0.3, 0.4) is 0 Å². The maximum Gasteiger partial charge on any atom is 0.311 e. The number of hydrogen-bond donors (Lipinski definition) is 0. The molecule has 0 bridgehead atoms. The molecule has 1 aromatic carbocycles. The lowest BCUT2D eigenvalue weighted by atomic mass is 10.1. The minimum Gasteiger partial charge on any atom is -0.423 e. The minimum atomic E-state index is -0.306. The molecule has 23 heavy (non-hydrogen) atoms. The van der Waals surface area contributed by atoms with Gasteiger partial charge < -0.3 is 9.47 Å². The summed E-state index contributed by atoms with van der Waals surface area (Å²) in [4.78, 5) is 23.8. The molecule has 0 N–H and O–H groups in total. The Balaban J connectivity index is 2.72. The van der Waals surface area contributed by atoms with Gasteiger partial charge in [-0.25, -0.2) is 0 Å². The Morgan fingerprint density at radius 2 is 1.39 bits per heavy atom. The number of hydrogen-bond acceptors (Lipinski definition) is 4. The Hall–Kier alpha value is -1.11. The van der Waals surface area contributed by atoms with Crippen LogP contribution in [0.4, 0.5) is 0 Å². The largest absolute Gasteiger partial charge is 0.423 e. The van der Waals surface area contributed by atoms with Crippen LogP contribution in [0.25, 0.3) is 0 Å². The SMILES string of the molecule is CC(C)CCC(=O)Oc1ccc(I)cc1OC(=O)CCC(C)C. The number of benzene rings is 1. The zero-order valence-electron chi connectivity index (χ0n) is 14.2. The first-order valence-corrected chi connectivity index (χ1v) is 9.06. The summed E-state index contributed by atoms with van der Waals surface area (Å²) in [5.41, 5.74) is 0. The Morgan fingerprint density at radius 1 is 0.913 bits per heavy atom. The number of rotatable bonds is 8. The van der Waals surface area contributed by atoms with E-state index < -0.39 is 0 Å². The lowest BCUT2D eigenvalue weighted by Gasteiger charge is -2.12. The van der Waals surface area contributed by atoms with Gasteiger partial charge in [-0.3, -0.25) is 9.59 Å². The normalized spacial score (nSPS) is 10.9. The maximum absolute atomic E-state index is 11.9. The summed E-state index contributed by atoms with van der Waals surface area (Å²) in [6, 6.07) is 5.19. The summed E-state index contributed by atoms with van der Waals surface area (Å²) in [6.45, 7) is 8.22. The number of ether oxygens (including phenoxy) is 2. The van der Waals surface area contributed by atoms with E-state index in [9.17, 15) is 9.59 Å². The molecule has 0 heterocycles. The van der Waals surface area contributed by atoms with Gasteiger partial charge >= 0.3 is 11.9 Å². The lowest BCUT2D eigenvalue weighted by Crippen LogP contribution is -2.13. The van der Waals surface area contributed by atoms with Crippen LogP contribution in [0.15, 0.2) is 18.2 Å². The molecule has 0 fully saturated rings. The van der Waals surface area contributed by atoms with Crippen molar-refractivity contribution in [2.75, 3.05) is 0 Å². The van der Waals surface area contributed by atoms with Crippen LogP contribution < -0.4 is 9.47 Å². The molecule has 0 aromatic heterocycles. The standard InChI is InChI=1S/C18H25IO4/c1-12(2)5-9-17(20)22-15-8-7-14(19)11-16(15)23-18(21)10-6-13(3)4/h7-8,11-13H,5-6,9-10H2,1-4H3. The smallest absolute Gasteiger partial charge is 0.311 e. The van der Waals surface area contributed by atoms with Gasteiger partial charge in [-0.15, -0.1) is 0 Å². The zero-order valence-corrected chi connectivity index (χ0v) is 16.4. The third-order valence-corrected chi connectivity index (χ3v) is 3.88. The van der Waals surface area contributed by atoms with Crippen molar-refractivity contribution in [2.45, 2.75) is 53.4 Å². The predicted octanol–water partition coefficient (Wildman–Crippen LogP) is 4.97. The highest BCUT2D eigenvalue weighted by molar-refractivity contribution is 14.1. The summed E-state index contributed by atoms with van der Waals surface area (Å²) in [6.07, 6.45) is 2.24. The van der Waals surface area contributed by atoms with Crippen LogP contribution in [0.2, 0.25) is 0 Å². The van der Waals surface area contributed by atoms with Crippen molar-refractivity contribution >= 4 is 34.5 Å². The molecule has 0 radical (unpaired) electrons. The molecular formula is C18H25IO4. The van der Waals surface area contributed by atoms with E-state index in [4.69, 9.17) is 9.47 Å². The molecule has 0 aliphatic rings. The van der Waals surface area contributed by atoms with E-state index in [-0.39, 0.29) is 11.9 Å². The molecule has 0 saturated heterocycles. The second kappa shape index (κ2) is 9.90. The fourth-order valence-electron chi connectivity index (χ4n) is 1.81. The summed E-state index contributed by atoms with van der Waals surface area (Å²) < 4.78 is 11.7. The van der Waals surface area contributed by atoms with E-state index in [0.29, 0.717) is 36.2 Å². The van der Waals surface area contributed by atoms with Gasteiger partial charge in [0.15, 0.2) is 11.5 Å². The highest BCUT2D eigenvalue weighted by Crippen LogP contribution is 2.30. The topological polar surface area (TPSA) is 52.6 Å². The molecule has 5 heteroatoms. The van der Waals surface area contributed by atoms with Crippen LogP contribution in [0, 0.1) is 15.4 Å². The molecule has 0 atom stereocenters. The molecular weight excluding hydrogens is 407 g/mol. The molecule has 1 rings (SSSR count). The van der Waals surface area contributed by atoms with Crippen molar-refractivity contribution in [1.82, 2.24) is 0 Å². The van der Waals surface area contributed by atoms with Crippen molar-refractivity contribution in [1.29, 1.82) is 0 Å². The fourth-order valence-corrected chi connectivity index (χ4v) is 2.27. The quantitative estimate of drug-likeness (QED) is 0.331. The van der Waals surface area contributed by atoms with Gasteiger partial charge in [0.2, 0.25) is 0 Å². The lowest BCUT2D eigenvalue weighted by molar-refractivity contribution is -0.137. The van der Waals surface area contributed by atoms with E-state index in [2.05, 4.69) is 50.3 Å². The molecule has 0 saturated carbocycles. The van der Waals surface area contributed by atoms with E-state index in [1.807, 2.05) is 6.07 Å². The zero-order chi connectivity index (χ0) is 17.4. The van der Waals surface area contributed by atoms with Gasteiger partial charge in [0.25, 0.3) is 0 Å². The van der Waals surface area contributed by atoms with Gasteiger partial charge in [-0.2, -0.15) is 0 Å². The molecule has 0 unspecified atom stereocenters. The highest BCUT2D eigenvalue weighted by Gasteiger charge is 2.15. The summed E-state index contributed by atoms with van der Waals surface area (Å²) in [5.74, 6) is 0.875. The maximum atomic E-state index is 11.9. The number of carbonyl (C=O) groups is 2. The second-order valence-electron chi connectivity index (χ2n) is 6.40. The Kier molecular flexibility index (Phi) is 8.58. The van der Waals surface area contributed by atoms with Crippen molar-refractivity contribution in [3.05, 3.63) is 21.8 Å². The number of esters is 2. The van der Waals surface area contributed by atoms with Crippen LogP contribution in [0.5, 0.6) is 11.5 Å². The molecule has 4 nitrogen and oxygen atoms in total. The molecule has 0 amide bonds. The van der Waals surface area contributed by atoms with E-state index >= 15 is 0 Å². The predicted molar refractivity (Wildman–Crippen MR) is 98.6 cm³/mol. The monoisotopic (exact) mass is 432 g/mol. The third-order valence-electron chi connectivity index (χ3n) is 3.20. The molecule has 0 aliphatic heterocycles. The third kappa shape index (κ3) is 8.34. The first kappa shape index (κ1) is 19.9. The van der Waals surface area contributed by atoms with Crippen LogP contribution in [0.1, 0.15) is 53.4 Å². The Bertz CT molecular complexity index is 538. The minimum absolute atomic E-state index is 0.303. The fraction of sp³-hybridized carbons (Fsp3) is 0.556. The van der Waals surface area contributed by atoms with E-state index in [1.165, 1.54) is 0 Å². The Morgan fingerprint density at radius 3 is 1.87 bits per heavy atom. The average molecular weight is 432 g/mol. The molecule has 128 valence electrons. The number of carbonyl (C=O) groups excluding carboxylic acids is 2. The van der Waals surface area contributed by atoms with Crippen molar-refractivity contribution in [3.8, 4) is 11.5 Å². The highest BCUT2D eigenvalue weighted by atomic mass is 127. The Labute approximate surface area is 152 Å². The summed E-state index contributed by atoms with van der Waals surface area (Å²) in [5, 5.41) is 0. The molecule has 0 spiro atoms. The van der Waals surface area contributed by atoms with Crippen LogP contribution in [-0.4, -0.2) is 11.9 Å². The second-order valence-corrected chi connectivity index (χ2v) is 7.65. The van der Waals surface area contributed by atoms with E-state index in [1.54, 1.807) is 12.1 Å². The molecule has 1 aromatic rings. The van der Waals surface area contributed by atoms with Crippen molar-refractivity contribution < 1.29 is 19.1 Å². The van der Waals surface area contributed by atoms with Crippen molar-refractivity contribution in [3.63, 3.8) is 0 Å². The summed E-state index contributed by atoms with van der Waals surface area (Å²) in [7, 11) is 0. The molecule has 0 aliphatic carbocycles. The first-order valence-electron chi connectivity index (χ1n) is 7.98. The van der Waals surface area contributed by atoms with Gasteiger partial charge in [0.05, 0.1) is 0 Å². The first-order chi connectivity index (χ1) is 10.8. The van der Waals surface area contributed by atoms with Gasteiger partial charge in [0, 0.05) is 16.4 Å². The van der Waals surface area contributed by atoms with E-state index in [0.717, 1.165) is 16.4 Å². The van der Waals surface area contributed by atoms with Gasteiger partial charge in [-0.1, -0.05) is 27.7 Å². The number of halogens is 1. The van der Waals surface area contributed by atoms with Crippen LogP contribution in [-0.2, 0) is 9.59 Å². The van der Waals surface area contributed by atoms with Crippen LogP contribution >= 0.6 is 22.6 Å². The summed E-state index contributed by atoms with van der Waals surface area (Å²) >= 11 is 2.13.